The highest BCUT2D eigenvalue weighted by atomic mass is 16.7. The van der Waals surface area contributed by atoms with Gasteiger partial charge in [0.25, 0.3) is 0 Å². The summed E-state index contributed by atoms with van der Waals surface area (Å²) >= 11 is 0. The molecule has 0 spiro atoms. The highest BCUT2D eigenvalue weighted by Crippen LogP contribution is 2.32. The Hall–Kier alpha value is -0.0800. The van der Waals surface area contributed by atoms with Crippen LogP contribution in [0.4, 0.5) is 0 Å². The number of unbranched alkanes of at least 4 members (excludes halogenated alkanes) is 4. The number of hydrogen-bond acceptors (Lipinski definition) is 2. The van der Waals surface area contributed by atoms with Crippen molar-refractivity contribution >= 4 is 0 Å². The monoisotopic (exact) mass is 228 g/mol. The summed E-state index contributed by atoms with van der Waals surface area (Å²) in [6.07, 6.45) is 7.56. The van der Waals surface area contributed by atoms with Gasteiger partial charge in [-0.3, -0.25) is 0 Å². The van der Waals surface area contributed by atoms with Crippen LogP contribution in [0.15, 0.2) is 0 Å². The average Bonchev–Trinajstić information content (AvgIpc) is 2.23. The van der Waals surface area contributed by atoms with Gasteiger partial charge in [0.05, 0.1) is 13.2 Å². The lowest BCUT2D eigenvalue weighted by Gasteiger charge is -2.41. The van der Waals surface area contributed by atoms with E-state index >= 15 is 0 Å². The summed E-state index contributed by atoms with van der Waals surface area (Å²) in [4.78, 5) is 0. The summed E-state index contributed by atoms with van der Waals surface area (Å²) < 4.78 is 11.7. The number of hydrogen-bond donors (Lipinski definition) is 0. The first kappa shape index (κ1) is 14.0. The summed E-state index contributed by atoms with van der Waals surface area (Å²) in [6.45, 7) is 10.3. The van der Waals surface area contributed by atoms with Crippen molar-refractivity contribution in [2.75, 3.05) is 13.2 Å². The van der Waals surface area contributed by atoms with Gasteiger partial charge in [-0.25, -0.2) is 0 Å². The second-order valence-corrected chi connectivity index (χ2v) is 6.04. The molecule has 96 valence electrons. The third-order valence-corrected chi connectivity index (χ3v) is 3.27. The maximum absolute atomic E-state index is 5.87. The fourth-order valence-corrected chi connectivity index (χ4v) is 1.97. The van der Waals surface area contributed by atoms with Crippen molar-refractivity contribution in [2.45, 2.75) is 72.0 Å². The van der Waals surface area contributed by atoms with Gasteiger partial charge in [-0.1, -0.05) is 46.5 Å². The molecule has 0 aromatic rings. The van der Waals surface area contributed by atoms with Gasteiger partial charge in [0, 0.05) is 11.8 Å². The fourth-order valence-electron chi connectivity index (χ4n) is 1.97. The van der Waals surface area contributed by atoms with Crippen molar-refractivity contribution in [2.24, 2.45) is 5.41 Å². The van der Waals surface area contributed by atoms with E-state index in [2.05, 4.69) is 27.7 Å². The van der Waals surface area contributed by atoms with Crippen LogP contribution in [0.3, 0.4) is 0 Å². The van der Waals surface area contributed by atoms with Gasteiger partial charge < -0.3 is 9.47 Å². The molecule has 0 N–H and O–H groups in total. The molecule has 1 saturated heterocycles. The normalized spacial score (nSPS) is 23.2. The second kappa shape index (κ2) is 6.02. The molecule has 0 aliphatic carbocycles. The molecule has 1 aliphatic rings. The molecule has 1 rings (SSSR count). The number of ether oxygens (including phenoxy) is 2. The number of rotatable bonds is 6. The standard InChI is InChI=1S/C14H28O2/c1-5-6-7-8-9-10-14(4)15-11-13(2,3)12-16-14/h5-12H2,1-4H3. The highest BCUT2D eigenvalue weighted by Gasteiger charge is 2.36. The summed E-state index contributed by atoms with van der Waals surface area (Å²) in [7, 11) is 0. The first-order chi connectivity index (χ1) is 7.47. The Morgan fingerprint density at radius 1 is 0.875 bits per heavy atom. The summed E-state index contributed by atoms with van der Waals surface area (Å²) in [6, 6.07) is 0. The van der Waals surface area contributed by atoms with E-state index in [-0.39, 0.29) is 11.2 Å². The molecule has 2 heteroatoms. The van der Waals surface area contributed by atoms with E-state index in [1.165, 1.54) is 32.1 Å². The quantitative estimate of drug-likeness (QED) is 0.636. The highest BCUT2D eigenvalue weighted by molar-refractivity contribution is 4.77. The third-order valence-electron chi connectivity index (χ3n) is 3.27. The minimum atomic E-state index is -0.318. The third kappa shape index (κ3) is 4.84. The Balaban J connectivity index is 2.16. The molecule has 0 aromatic heterocycles. The molecule has 0 unspecified atom stereocenters. The molecule has 0 saturated carbocycles. The Morgan fingerprint density at radius 2 is 1.44 bits per heavy atom. The van der Waals surface area contributed by atoms with Crippen LogP contribution >= 0.6 is 0 Å². The maximum Gasteiger partial charge on any atom is 0.165 e. The second-order valence-electron chi connectivity index (χ2n) is 6.04. The molecular formula is C14H28O2. The van der Waals surface area contributed by atoms with E-state index in [4.69, 9.17) is 9.47 Å². The Morgan fingerprint density at radius 3 is 2.00 bits per heavy atom. The molecule has 2 nitrogen and oxygen atoms in total. The molecule has 0 atom stereocenters. The van der Waals surface area contributed by atoms with E-state index < -0.39 is 0 Å². The minimum Gasteiger partial charge on any atom is -0.350 e. The van der Waals surface area contributed by atoms with Crippen molar-refractivity contribution < 1.29 is 9.47 Å². The Kier molecular flexibility index (Phi) is 5.26. The van der Waals surface area contributed by atoms with Gasteiger partial charge >= 0.3 is 0 Å². The largest absolute Gasteiger partial charge is 0.350 e. The van der Waals surface area contributed by atoms with Gasteiger partial charge in [0.15, 0.2) is 5.79 Å². The lowest BCUT2D eigenvalue weighted by atomic mass is 9.94. The molecule has 0 amide bonds. The van der Waals surface area contributed by atoms with Crippen LogP contribution in [0.1, 0.15) is 66.2 Å². The smallest absolute Gasteiger partial charge is 0.165 e. The Bertz CT molecular complexity index is 189. The molecule has 16 heavy (non-hydrogen) atoms. The van der Waals surface area contributed by atoms with Gasteiger partial charge in [-0.15, -0.1) is 0 Å². The summed E-state index contributed by atoms with van der Waals surface area (Å²) in [5.74, 6) is -0.318. The van der Waals surface area contributed by atoms with Crippen LogP contribution in [-0.2, 0) is 9.47 Å². The van der Waals surface area contributed by atoms with Crippen molar-refractivity contribution in [3.8, 4) is 0 Å². The predicted molar refractivity (Wildman–Crippen MR) is 67.5 cm³/mol. The topological polar surface area (TPSA) is 18.5 Å². The van der Waals surface area contributed by atoms with Crippen LogP contribution in [0.2, 0.25) is 0 Å². The molecule has 1 aliphatic heterocycles. The predicted octanol–water partition coefficient (Wildman–Crippen LogP) is 4.14. The first-order valence-electron chi connectivity index (χ1n) is 6.75. The fraction of sp³-hybridized carbons (Fsp3) is 1.00. The van der Waals surface area contributed by atoms with E-state index in [9.17, 15) is 0 Å². The van der Waals surface area contributed by atoms with Crippen molar-refractivity contribution in [1.29, 1.82) is 0 Å². The molecule has 1 fully saturated rings. The Labute approximate surface area is 101 Å². The van der Waals surface area contributed by atoms with E-state index in [1.807, 2.05) is 0 Å². The zero-order chi connectivity index (χ0) is 12.1. The maximum atomic E-state index is 5.87. The van der Waals surface area contributed by atoms with E-state index in [0.29, 0.717) is 0 Å². The molecule has 0 aromatic carbocycles. The minimum absolute atomic E-state index is 0.182. The van der Waals surface area contributed by atoms with Crippen LogP contribution in [-0.4, -0.2) is 19.0 Å². The van der Waals surface area contributed by atoms with Gasteiger partial charge in [-0.05, 0) is 13.3 Å². The average molecular weight is 228 g/mol. The SMILES string of the molecule is CCCCCCCC1(C)OCC(C)(C)CO1. The zero-order valence-corrected chi connectivity index (χ0v) is 11.5. The van der Waals surface area contributed by atoms with Crippen molar-refractivity contribution in [3.63, 3.8) is 0 Å². The van der Waals surface area contributed by atoms with Crippen LogP contribution in [0.25, 0.3) is 0 Å². The van der Waals surface area contributed by atoms with Gasteiger partial charge in [0.2, 0.25) is 0 Å². The van der Waals surface area contributed by atoms with Crippen LogP contribution < -0.4 is 0 Å². The van der Waals surface area contributed by atoms with Crippen LogP contribution in [0, 0.1) is 5.41 Å². The molecule has 0 bridgehead atoms. The van der Waals surface area contributed by atoms with E-state index in [0.717, 1.165) is 19.6 Å². The lowest BCUT2D eigenvalue weighted by Crippen LogP contribution is -2.45. The van der Waals surface area contributed by atoms with Crippen molar-refractivity contribution in [1.82, 2.24) is 0 Å². The molecule has 0 radical (unpaired) electrons. The first-order valence-corrected chi connectivity index (χ1v) is 6.75. The zero-order valence-electron chi connectivity index (χ0n) is 11.5. The molecule has 1 heterocycles. The van der Waals surface area contributed by atoms with Crippen LogP contribution in [0.5, 0.6) is 0 Å². The van der Waals surface area contributed by atoms with Gasteiger partial charge in [-0.2, -0.15) is 0 Å². The van der Waals surface area contributed by atoms with Crippen molar-refractivity contribution in [3.05, 3.63) is 0 Å². The summed E-state index contributed by atoms with van der Waals surface area (Å²) in [5, 5.41) is 0. The van der Waals surface area contributed by atoms with E-state index in [1.54, 1.807) is 0 Å². The van der Waals surface area contributed by atoms with Gasteiger partial charge in [0.1, 0.15) is 0 Å². The molecular weight excluding hydrogens is 200 g/mol. The lowest BCUT2D eigenvalue weighted by molar-refractivity contribution is -0.292. The summed E-state index contributed by atoms with van der Waals surface area (Å²) in [5.41, 5.74) is 0.182.